The summed E-state index contributed by atoms with van der Waals surface area (Å²) in [6, 6.07) is 12.7. The van der Waals surface area contributed by atoms with Crippen molar-refractivity contribution in [1.29, 1.82) is 0 Å². The van der Waals surface area contributed by atoms with Gasteiger partial charge in [0.2, 0.25) is 15.9 Å². The maximum Gasteiger partial charge on any atom is 0.240 e. The SMILES string of the molecule is COc1ccc(-c2nnc3ccc(OCCNS(=O)(=O)c4ccc(Cl)c(Cl)c4)nn23)c(OC)c1. The Kier molecular flexibility index (Phi) is 7.08. The molecule has 2 heterocycles. The Labute approximate surface area is 205 Å². The summed E-state index contributed by atoms with van der Waals surface area (Å²) in [6.07, 6.45) is 0. The molecule has 2 aromatic carbocycles. The van der Waals surface area contributed by atoms with E-state index in [2.05, 4.69) is 20.0 Å². The minimum atomic E-state index is -3.78. The molecule has 0 saturated carbocycles. The monoisotopic (exact) mass is 523 g/mol. The van der Waals surface area contributed by atoms with Gasteiger partial charge in [0.05, 0.1) is 34.7 Å². The third-order valence-corrected chi connectivity index (χ3v) is 6.93. The van der Waals surface area contributed by atoms with Crippen molar-refractivity contribution >= 4 is 38.9 Å². The van der Waals surface area contributed by atoms with Gasteiger partial charge in [-0.05, 0) is 36.4 Å². The van der Waals surface area contributed by atoms with Gasteiger partial charge in [0.1, 0.15) is 18.1 Å². The van der Waals surface area contributed by atoms with Gasteiger partial charge in [-0.15, -0.1) is 15.3 Å². The fourth-order valence-electron chi connectivity index (χ4n) is 3.06. The highest BCUT2D eigenvalue weighted by Gasteiger charge is 2.17. The lowest BCUT2D eigenvalue weighted by molar-refractivity contribution is 0.306. The van der Waals surface area contributed by atoms with E-state index in [1.165, 1.54) is 22.7 Å². The maximum absolute atomic E-state index is 12.4. The second-order valence-electron chi connectivity index (χ2n) is 6.85. The molecule has 0 aliphatic heterocycles. The first-order valence-electron chi connectivity index (χ1n) is 9.85. The van der Waals surface area contributed by atoms with E-state index >= 15 is 0 Å². The predicted octanol–water partition coefficient (Wildman–Crippen LogP) is 3.47. The van der Waals surface area contributed by atoms with E-state index in [4.69, 9.17) is 37.4 Å². The molecule has 34 heavy (non-hydrogen) atoms. The van der Waals surface area contributed by atoms with Crippen molar-refractivity contribution < 1.29 is 22.6 Å². The number of halogens is 2. The molecule has 0 radical (unpaired) electrons. The number of ether oxygens (including phenoxy) is 3. The number of benzene rings is 2. The smallest absolute Gasteiger partial charge is 0.240 e. The van der Waals surface area contributed by atoms with Crippen LogP contribution in [0.1, 0.15) is 0 Å². The molecule has 0 unspecified atom stereocenters. The second kappa shape index (κ2) is 10.0. The Morgan fingerprint density at radius 2 is 1.79 bits per heavy atom. The molecular formula is C21H19Cl2N5O5S. The van der Waals surface area contributed by atoms with Gasteiger partial charge in [0.25, 0.3) is 0 Å². The summed E-state index contributed by atoms with van der Waals surface area (Å²) in [5.41, 5.74) is 1.16. The highest BCUT2D eigenvalue weighted by atomic mass is 35.5. The fraction of sp³-hybridized carbons (Fsp3) is 0.190. The number of hydrogen-bond donors (Lipinski definition) is 1. The molecule has 0 saturated heterocycles. The van der Waals surface area contributed by atoms with E-state index in [9.17, 15) is 8.42 Å². The molecule has 2 aromatic heterocycles. The summed E-state index contributed by atoms with van der Waals surface area (Å²) in [6.45, 7) is 0.0337. The van der Waals surface area contributed by atoms with Crippen molar-refractivity contribution in [3.8, 4) is 28.8 Å². The number of nitrogens with zero attached hydrogens (tertiary/aromatic N) is 4. The van der Waals surface area contributed by atoms with Crippen LogP contribution in [0.2, 0.25) is 10.0 Å². The van der Waals surface area contributed by atoms with Gasteiger partial charge in [-0.3, -0.25) is 0 Å². The van der Waals surface area contributed by atoms with Crippen molar-refractivity contribution in [1.82, 2.24) is 24.5 Å². The first-order valence-corrected chi connectivity index (χ1v) is 12.1. The Bertz CT molecular complexity index is 1450. The summed E-state index contributed by atoms with van der Waals surface area (Å²) < 4.78 is 45.1. The number of nitrogens with one attached hydrogen (secondary N) is 1. The van der Waals surface area contributed by atoms with Crippen LogP contribution in [-0.2, 0) is 10.0 Å². The van der Waals surface area contributed by atoms with Crippen LogP contribution in [0.25, 0.3) is 17.0 Å². The van der Waals surface area contributed by atoms with Crippen LogP contribution in [0.4, 0.5) is 0 Å². The molecular weight excluding hydrogens is 505 g/mol. The van der Waals surface area contributed by atoms with Crippen LogP contribution in [0.15, 0.2) is 53.4 Å². The van der Waals surface area contributed by atoms with Gasteiger partial charge in [-0.1, -0.05) is 23.2 Å². The molecule has 178 valence electrons. The summed E-state index contributed by atoms with van der Waals surface area (Å²) in [4.78, 5) is 0.00372. The van der Waals surface area contributed by atoms with Crippen LogP contribution in [-0.4, -0.2) is 55.6 Å². The van der Waals surface area contributed by atoms with Gasteiger partial charge in [-0.2, -0.15) is 4.52 Å². The number of sulfonamides is 1. The summed E-state index contributed by atoms with van der Waals surface area (Å²) in [7, 11) is -0.668. The van der Waals surface area contributed by atoms with Crippen molar-refractivity contribution in [3.05, 3.63) is 58.6 Å². The zero-order chi connectivity index (χ0) is 24.3. The van der Waals surface area contributed by atoms with Crippen molar-refractivity contribution in [2.24, 2.45) is 0 Å². The van der Waals surface area contributed by atoms with Gasteiger partial charge >= 0.3 is 0 Å². The molecule has 0 aliphatic rings. The average molecular weight is 524 g/mol. The van der Waals surface area contributed by atoms with E-state index in [0.29, 0.717) is 28.5 Å². The van der Waals surface area contributed by atoms with E-state index in [1.54, 1.807) is 44.6 Å². The largest absolute Gasteiger partial charge is 0.497 e. The second-order valence-corrected chi connectivity index (χ2v) is 9.43. The van der Waals surface area contributed by atoms with Crippen molar-refractivity contribution in [2.45, 2.75) is 4.90 Å². The Morgan fingerprint density at radius 1 is 0.971 bits per heavy atom. The van der Waals surface area contributed by atoms with E-state index < -0.39 is 10.0 Å². The van der Waals surface area contributed by atoms with Gasteiger partial charge in [0, 0.05) is 18.7 Å². The standard InChI is InChI=1S/C21H19Cl2N5O5S/c1-31-13-3-5-15(18(11-13)32-2)21-26-25-19-7-8-20(27-28(19)21)33-10-9-24-34(29,30)14-4-6-16(22)17(23)12-14/h3-8,11-12,24H,9-10H2,1-2H3. The van der Waals surface area contributed by atoms with Crippen LogP contribution in [0, 0.1) is 0 Å². The van der Waals surface area contributed by atoms with Crippen molar-refractivity contribution in [3.63, 3.8) is 0 Å². The van der Waals surface area contributed by atoms with Gasteiger partial charge in [0.15, 0.2) is 11.5 Å². The third kappa shape index (κ3) is 5.02. The van der Waals surface area contributed by atoms with Gasteiger partial charge < -0.3 is 14.2 Å². The van der Waals surface area contributed by atoms with Gasteiger partial charge in [-0.25, -0.2) is 13.1 Å². The zero-order valence-corrected chi connectivity index (χ0v) is 20.4. The first kappa shape index (κ1) is 24.0. The maximum atomic E-state index is 12.4. The van der Waals surface area contributed by atoms with Crippen molar-refractivity contribution in [2.75, 3.05) is 27.4 Å². The number of aromatic nitrogens is 4. The third-order valence-electron chi connectivity index (χ3n) is 4.73. The number of methoxy groups -OCH3 is 2. The lowest BCUT2D eigenvalue weighted by atomic mass is 10.2. The molecule has 10 nitrogen and oxygen atoms in total. The average Bonchev–Trinajstić information content (AvgIpc) is 3.26. The Hall–Kier alpha value is -3.12. The van der Waals surface area contributed by atoms with E-state index in [-0.39, 0.29) is 34.0 Å². The Balaban J connectivity index is 1.47. The molecule has 13 heteroatoms. The van der Waals surface area contributed by atoms with Crippen LogP contribution >= 0.6 is 23.2 Å². The molecule has 1 N–H and O–H groups in total. The molecule has 4 aromatic rings. The van der Waals surface area contributed by atoms with Crippen LogP contribution in [0.3, 0.4) is 0 Å². The summed E-state index contributed by atoms with van der Waals surface area (Å²) in [5.74, 6) is 1.88. The highest BCUT2D eigenvalue weighted by Crippen LogP contribution is 2.32. The fourth-order valence-corrected chi connectivity index (χ4v) is 4.46. The molecule has 4 rings (SSSR count). The molecule has 0 aliphatic carbocycles. The predicted molar refractivity (Wildman–Crippen MR) is 126 cm³/mol. The molecule has 0 bridgehead atoms. The molecule has 0 spiro atoms. The number of rotatable bonds is 9. The highest BCUT2D eigenvalue weighted by molar-refractivity contribution is 7.89. The van der Waals surface area contributed by atoms with Crippen LogP contribution < -0.4 is 18.9 Å². The number of fused-ring (bicyclic) bond motifs is 1. The minimum Gasteiger partial charge on any atom is -0.497 e. The number of hydrogen-bond acceptors (Lipinski definition) is 8. The topological polar surface area (TPSA) is 117 Å². The quantitative estimate of drug-likeness (QED) is 0.331. The lowest BCUT2D eigenvalue weighted by Gasteiger charge is -2.10. The zero-order valence-electron chi connectivity index (χ0n) is 18.0. The van der Waals surface area contributed by atoms with Crippen LogP contribution in [0.5, 0.6) is 17.4 Å². The lowest BCUT2D eigenvalue weighted by Crippen LogP contribution is -2.28. The molecule has 0 atom stereocenters. The molecule has 0 amide bonds. The molecule has 0 fully saturated rings. The minimum absolute atomic E-state index is 0.00361. The summed E-state index contributed by atoms with van der Waals surface area (Å²) >= 11 is 11.7. The normalized spacial score (nSPS) is 11.5. The Morgan fingerprint density at radius 3 is 2.53 bits per heavy atom. The first-order chi connectivity index (χ1) is 16.3. The summed E-state index contributed by atoms with van der Waals surface area (Å²) in [5, 5.41) is 13.2. The van der Waals surface area contributed by atoms with E-state index in [1.807, 2.05) is 0 Å². The van der Waals surface area contributed by atoms with E-state index in [0.717, 1.165) is 0 Å².